The van der Waals surface area contributed by atoms with Crippen LogP contribution in [-0.4, -0.2) is 21.9 Å². The van der Waals surface area contributed by atoms with Gasteiger partial charge in [-0.25, -0.2) is 0 Å². The van der Waals surface area contributed by atoms with Gasteiger partial charge in [-0.3, -0.25) is 9.82 Å². The highest BCUT2D eigenvalue weighted by Gasteiger charge is 2.22. The molecule has 1 atom stereocenters. The van der Waals surface area contributed by atoms with Crippen LogP contribution in [0, 0.1) is 12.8 Å². The van der Waals surface area contributed by atoms with Crippen molar-refractivity contribution in [2.75, 3.05) is 6.61 Å². The molecule has 168 valence electrons. The van der Waals surface area contributed by atoms with Gasteiger partial charge < -0.3 is 9.84 Å². The van der Waals surface area contributed by atoms with Crippen LogP contribution in [-0.2, 0) is 12.2 Å². The normalized spacial score (nSPS) is 14.3. The molecule has 1 aromatic heterocycles. The van der Waals surface area contributed by atoms with E-state index in [9.17, 15) is 5.11 Å². The molecule has 0 aliphatic heterocycles. The van der Waals surface area contributed by atoms with Crippen molar-refractivity contribution >= 4 is 17.7 Å². The van der Waals surface area contributed by atoms with Crippen LogP contribution in [0.4, 0.5) is 0 Å². The zero-order valence-electron chi connectivity index (χ0n) is 18.7. The van der Waals surface area contributed by atoms with E-state index in [0.29, 0.717) is 5.69 Å². The first kappa shape index (κ1) is 22.5. The average molecular weight is 450 g/mol. The number of benzene rings is 2. The van der Waals surface area contributed by atoms with Gasteiger partial charge in [0, 0.05) is 29.5 Å². The maximum atomic E-state index is 9.62. The standard InChI is InChI=1S/C26H31N3O2S/c1-17-25(27-28-26(17)19(3)30)13-21-6-4-7-22(12-21)16-32-29-18(2)23-8-5-9-24(14-23)31-15-20-10-11-20/h4-9,12,14,18,20,29-30H,3,10-11,13,15-16H2,1-2H3,(H,27,28)/t18-/m1/s1. The summed E-state index contributed by atoms with van der Waals surface area (Å²) < 4.78 is 9.47. The molecule has 0 saturated heterocycles. The minimum Gasteiger partial charge on any atom is -0.506 e. The third-order valence-corrected chi connectivity index (χ3v) is 6.79. The second-order valence-electron chi connectivity index (χ2n) is 8.57. The first-order chi connectivity index (χ1) is 15.5. The van der Waals surface area contributed by atoms with Gasteiger partial charge in [-0.05, 0) is 61.4 Å². The lowest BCUT2D eigenvalue weighted by molar-refractivity contribution is 0.299. The topological polar surface area (TPSA) is 70.2 Å². The van der Waals surface area contributed by atoms with Gasteiger partial charge in [0.05, 0.1) is 6.61 Å². The number of aliphatic hydroxyl groups is 1. The Morgan fingerprint density at radius 3 is 2.78 bits per heavy atom. The lowest BCUT2D eigenvalue weighted by Crippen LogP contribution is -2.11. The summed E-state index contributed by atoms with van der Waals surface area (Å²) in [7, 11) is 0. The maximum Gasteiger partial charge on any atom is 0.136 e. The van der Waals surface area contributed by atoms with Crippen LogP contribution in [0.5, 0.6) is 5.75 Å². The Bertz CT molecular complexity index is 1070. The van der Waals surface area contributed by atoms with Crippen molar-refractivity contribution in [1.82, 2.24) is 14.9 Å². The molecule has 1 saturated carbocycles. The second kappa shape index (κ2) is 10.3. The summed E-state index contributed by atoms with van der Waals surface area (Å²) in [6.07, 6.45) is 3.34. The van der Waals surface area contributed by atoms with E-state index >= 15 is 0 Å². The van der Waals surface area contributed by atoms with Gasteiger partial charge in [0.2, 0.25) is 0 Å². The van der Waals surface area contributed by atoms with E-state index in [4.69, 9.17) is 4.74 Å². The zero-order chi connectivity index (χ0) is 22.5. The van der Waals surface area contributed by atoms with Crippen LogP contribution in [0.15, 0.2) is 55.1 Å². The fraction of sp³-hybridized carbons (Fsp3) is 0.346. The summed E-state index contributed by atoms with van der Waals surface area (Å²) >= 11 is 1.71. The van der Waals surface area contributed by atoms with Crippen LogP contribution < -0.4 is 9.46 Å². The largest absolute Gasteiger partial charge is 0.506 e. The van der Waals surface area contributed by atoms with Gasteiger partial charge in [0.15, 0.2) is 0 Å². The molecule has 0 radical (unpaired) electrons. The molecule has 2 aromatic carbocycles. The molecule has 3 aromatic rings. The predicted molar refractivity (Wildman–Crippen MR) is 132 cm³/mol. The average Bonchev–Trinajstić information content (AvgIpc) is 3.55. The van der Waals surface area contributed by atoms with Gasteiger partial charge in [-0.15, -0.1) is 0 Å². The quantitative estimate of drug-likeness (QED) is 0.243. The van der Waals surface area contributed by atoms with Crippen LogP contribution in [0.3, 0.4) is 0 Å². The minimum absolute atomic E-state index is 0.00430. The smallest absolute Gasteiger partial charge is 0.136 e. The predicted octanol–water partition coefficient (Wildman–Crippen LogP) is 6.13. The highest BCUT2D eigenvalue weighted by molar-refractivity contribution is 7.96. The van der Waals surface area contributed by atoms with E-state index in [-0.39, 0.29) is 11.8 Å². The van der Waals surface area contributed by atoms with Crippen molar-refractivity contribution in [3.8, 4) is 5.75 Å². The molecule has 1 aliphatic rings. The number of rotatable bonds is 11. The Kier molecular flexibility index (Phi) is 7.22. The molecule has 5 nitrogen and oxygen atoms in total. The Hall–Kier alpha value is -2.70. The molecule has 0 spiro atoms. The van der Waals surface area contributed by atoms with Gasteiger partial charge in [0.25, 0.3) is 0 Å². The lowest BCUT2D eigenvalue weighted by Gasteiger charge is -2.15. The van der Waals surface area contributed by atoms with Crippen molar-refractivity contribution in [2.45, 2.75) is 44.9 Å². The molecule has 1 aliphatic carbocycles. The third kappa shape index (κ3) is 5.96. The van der Waals surface area contributed by atoms with Crippen molar-refractivity contribution in [3.63, 3.8) is 0 Å². The van der Waals surface area contributed by atoms with E-state index < -0.39 is 0 Å². The van der Waals surface area contributed by atoms with Crippen LogP contribution in [0.25, 0.3) is 5.76 Å². The highest BCUT2D eigenvalue weighted by atomic mass is 32.2. The Labute approximate surface area is 194 Å². The van der Waals surface area contributed by atoms with Gasteiger partial charge in [-0.2, -0.15) is 5.10 Å². The van der Waals surface area contributed by atoms with E-state index in [2.05, 4.69) is 70.9 Å². The number of nitrogens with one attached hydrogen (secondary N) is 2. The highest BCUT2D eigenvalue weighted by Crippen LogP contribution is 2.30. The van der Waals surface area contributed by atoms with Crippen LogP contribution >= 0.6 is 11.9 Å². The third-order valence-electron chi connectivity index (χ3n) is 5.80. The number of ether oxygens (including phenoxy) is 1. The number of hydrogen-bond donors (Lipinski definition) is 3. The van der Waals surface area contributed by atoms with Crippen LogP contribution in [0.2, 0.25) is 0 Å². The number of nitrogens with zero attached hydrogens (tertiary/aromatic N) is 1. The number of aromatic nitrogens is 2. The van der Waals surface area contributed by atoms with Gasteiger partial charge in [0.1, 0.15) is 17.2 Å². The number of hydrogen-bond acceptors (Lipinski definition) is 5. The molecule has 0 amide bonds. The number of aliphatic hydroxyl groups excluding tert-OH is 1. The monoisotopic (exact) mass is 449 g/mol. The van der Waals surface area contributed by atoms with E-state index in [1.54, 1.807) is 11.9 Å². The van der Waals surface area contributed by atoms with Crippen molar-refractivity contribution in [3.05, 3.63) is 88.8 Å². The SMILES string of the molecule is C=C(O)c1n[nH]c(Cc2cccc(CSN[C@H](C)c3cccc(OCC4CC4)c3)c2)c1C. The fourth-order valence-corrected chi connectivity index (χ4v) is 4.43. The molecule has 1 heterocycles. The summed E-state index contributed by atoms with van der Waals surface area (Å²) in [5.74, 6) is 2.59. The summed E-state index contributed by atoms with van der Waals surface area (Å²) in [4.78, 5) is 0. The Morgan fingerprint density at radius 2 is 2.03 bits per heavy atom. The molecule has 3 N–H and O–H groups in total. The summed E-state index contributed by atoms with van der Waals surface area (Å²) in [6, 6.07) is 17.2. The molecule has 32 heavy (non-hydrogen) atoms. The summed E-state index contributed by atoms with van der Waals surface area (Å²) in [5.41, 5.74) is 6.17. The first-order valence-corrected chi connectivity index (χ1v) is 12.1. The maximum absolute atomic E-state index is 9.62. The van der Waals surface area contributed by atoms with Gasteiger partial charge in [-0.1, -0.05) is 54.9 Å². The molecule has 6 heteroatoms. The Morgan fingerprint density at radius 1 is 1.25 bits per heavy atom. The fourth-order valence-electron chi connectivity index (χ4n) is 3.61. The van der Waals surface area contributed by atoms with Gasteiger partial charge >= 0.3 is 0 Å². The van der Waals surface area contributed by atoms with Crippen LogP contribution in [0.1, 0.15) is 59.4 Å². The molecular formula is C26H31N3O2S. The van der Waals surface area contributed by atoms with Crippen molar-refractivity contribution < 1.29 is 9.84 Å². The molecule has 0 unspecified atom stereocenters. The second-order valence-corrected chi connectivity index (χ2v) is 9.39. The first-order valence-electron chi connectivity index (χ1n) is 11.1. The number of H-pyrrole nitrogens is 1. The molecule has 4 rings (SSSR count). The minimum atomic E-state index is -0.00430. The van der Waals surface area contributed by atoms with Crippen molar-refractivity contribution in [1.29, 1.82) is 0 Å². The summed E-state index contributed by atoms with van der Waals surface area (Å²) in [5, 5.41) is 16.8. The van der Waals surface area contributed by atoms with E-state index in [1.165, 1.54) is 29.5 Å². The molecule has 0 bridgehead atoms. The van der Waals surface area contributed by atoms with E-state index in [1.807, 2.05) is 13.0 Å². The number of aromatic amines is 1. The van der Waals surface area contributed by atoms with E-state index in [0.717, 1.165) is 41.7 Å². The lowest BCUT2D eigenvalue weighted by atomic mass is 10.0. The zero-order valence-corrected chi connectivity index (χ0v) is 19.5. The molecular weight excluding hydrogens is 418 g/mol. The van der Waals surface area contributed by atoms with Crippen molar-refractivity contribution in [2.24, 2.45) is 5.92 Å². The summed E-state index contributed by atoms with van der Waals surface area (Å²) in [6.45, 7) is 8.54. The Balaban J connectivity index is 1.29. The molecule has 1 fully saturated rings.